The van der Waals surface area contributed by atoms with Crippen molar-refractivity contribution in [3.63, 3.8) is 0 Å². The van der Waals surface area contributed by atoms with Crippen molar-refractivity contribution in [3.05, 3.63) is 29.3 Å². The van der Waals surface area contributed by atoms with E-state index in [9.17, 15) is 22.8 Å². The first kappa shape index (κ1) is 24.6. The Kier molecular flexibility index (Phi) is 6.95. The highest BCUT2D eigenvalue weighted by molar-refractivity contribution is 5.69. The van der Waals surface area contributed by atoms with Crippen LogP contribution in [-0.4, -0.2) is 102 Å². The minimum atomic E-state index is -4.57. The average Bonchev–Trinajstić information content (AvgIpc) is 3.34. The zero-order valence-corrected chi connectivity index (χ0v) is 19.4. The van der Waals surface area contributed by atoms with Gasteiger partial charge in [-0.15, -0.1) is 0 Å². The van der Waals surface area contributed by atoms with Crippen molar-refractivity contribution < 1.29 is 32.6 Å². The lowest BCUT2D eigenvalue weighted by Crippen LogP contribution is -2.50. The third kappa shape index (κ3) is 5.41. The van der Waals surface area contributed by atoms with Gasteiger partial charge in [0.05, 0.1) is 6.54 Å². The van der Waals surface area contributed by atoms with E-state index in [2.05, 4.69) is 32.7 Å². The topological polar surface area (TPSA) is 76.6 Å². The van der Waals surface area contributed by atoms with Gasteiger partial charge in [-0.05, 0) is 37.5 Å². The number of amides is 1. The Hall–Kier alpha value is -2.53. The molecule has 3 atom stereocenters. The Balaban J connectivity index is 1.35. The highest BCUT2D eigenvalue weighted by Crippen LogP contribution is 2.37. The van der Waals surface area contributed by atoms with E-state index in [-0.39, 0.29) is 18.6 Å². The molecule has 1 aromatic rings. The van der Waals surface area contributed by atoms with Gasteiger partial charge in [0.25, 0.3) is 0 Å². The fraction of sp³-hybridized carbons (Fsp3) is 0.652. The molecule has 0 aromatic heterocycles. The van der Waals surface area contributed by atoms with Gasteiger partial charge in [0.15, 0.2) is 6.10 Å². The van der Waals surface area contributed by atoms with E-state index in [1.54, 1.807) is 0 Å². The van der Waals surface area contributed by atoms with Crippen LogP contribution < -0.4 is 4.90 Å². The van der Waals surface area contributed by atoms with Gasteiger partial charge in [0, 0.05) is 63.6 Å². The summed E-state index contributed by atoms with van der Waals surface area (Å²) in [4.78, 5) is 31.2. The van der Waals surface area contributed by atoms with E-state index in [1.165, 1.54) is 4.90 Å². The maximum atomic E-state index is 12.7. The summed E-state index contributed by atoms with van der Waals surface area (Å²) >= 11 is 0. The fourth-order valence-electron chi connectivity index (χ4n) is 5.11. The van der Waals surface area contributed by atoms with Crippen molar-refractivity contribution >= 4 is 17.7 Å². The molecule has 34 heavy (non-hydrogen) atoms. The molecule has 4 rings (SSSR count). The number of rotatable bonds is 6. The monoisotopic (exact) mass is 484 g/mol. The molecule has 3 saturated heterocycles. The van der Waals surface area contributed by atoms with E-state index >= 15 is 0 Å². The maximum absolute atomic E-state index is 12.7. The molecule has 2 bridgehead atoms. The lowest BCUT2D eigenvalue weighted by Gasteiger charge is -2.38. The van der Waals surface area contributed by atoms with Gasteiger partial charge in [-0.3, -0.25) is 14.6 Å². The van der Waals surface area contributed by atoms with E-state index in [4.69, 9.17) is 5.11 Å². The molecule has 0 saturated carbocycles. The van der Waals surface area contributed by atoms with E-state index in [0.717, 1.165) is 43.2 Å². The number of hydrogen-bond donors (Lipinski definition) is 1. The number of carbonyl (C=O) groups excluding carboxylic acids is 1. The molecule has 3 aliphatic rings. The van der Waals surface area contributed by atoms with Crippen LogP contribution in [-0.2, 0) is 16.1 Å². The van der Waals surface area contributed by atoms with Crippen molar-refractivity contribution in [2.75, 3.05) is 50.7 Å². The predicted molar refractivity (Wildman–Crippen MR) is 119 cm³/mol. The Labute approximate surface area is 196 Å². The minimum absolute atomic E-state index is 0.0736. The first-order chi connectivity index (χ1) is 16.0. The molecule has 8 nitrogen and oxygen atoms in total. The fourth-order valence-corrected chi connectivity index (χ4v) is 5.11. The number of likely N-dealkylation sites (tertiary alicyclic amines) is 1. The maximum Gasteiger partial charge on any atom is 0.425 e. The van der Waals surface area contributed by atoms with Crippen LogP contribution in [0.2, 0.25) is 0 Å². The normalized spacial score (nSPS) is 24.5. The van der Waals surface area contributed by atoms with Gasteiger partial charge in [-0.25, -0.2) is 4.79 Å². The summed E-state index contributed by atoms with van der Waals surface area (Å²) < 4.78 is 42.6. The SMILES string of the molecule is Cc1ccc(CN2CCN(C(=O)OC(C)C(F)(F)F)CC2)c(N2CC3CC2CN3CC(=O)O)c1. The van der Waals surface area contributed by atoms with Crippen LogP contribution in [0.4, 0.5) is 23.7 Å². The lowest BCUT2D eigenvalue weighted by atomic mass is 10.1. The number of carboxylic acids is 1. The molecule has 188 valence electrons. The third-order valence-electron chi connectivity index (χ3n) is 7.01. The summed E-state index contributed by atoms with van der Waals surface area (Å²) in [7, 11) is 0. The summed E-state index contributed by atoms with van der Waals surface area (Å²) in [5, 5.41) is 9.14. The molecule has 1 N–H and O–H groups in total. The van der Waals surface area contributed by atoms with Crippen LogP contribution in [0, 0.1) is 6.92 Å². The van der Waals surface area contributed by atoms with E-state index < -0.39 is 24.3 Å². The Morgan fingerprint density at radius 1 is 1.15 bits per heavy atom. The Morgan fingerprint density at radius 3 is 2.44 bits per heavy atom. The van der Waals surface area contributed by atoms with Crippen LogP contribution in [0.25, 0.3) is 0 Å². The van der Waals surface area contributed by atoms with Gasteiger partial charge in [0.2, 0.25) is 0 Å². The first-order valence-corrected chi connectivity index (χ1v) is 11.6. The second kappa shape index (κ2) is 9.61. The first-order valence-electron chi connectivity index (χ1n) is 11.6. The van der Waals surface area contributed by atoms with Crippen LogP contribution in [0.15, 0.2) is 18.2 Å². The molecule has 0 spiro atoms. The van der Waals surface area contributed by atoms with E-state index in [1.807, 2.05) is 11.8 Å². The number of nitrogens with zero attached hydrogens (tertiary/aromatic N) is 4. The molecule has 11 heteroatoms. The number of piperazine rings is 2. The summed E-state index contributed by atoms with van der Waals surface area (Å²) in [6, 6.07) is 6.87. The van der Waals surface area contributed by atoms with Crippen molar-refractivity contribution in [2.45, 2.75) is 51.2 Å². The number of alkyl halides is 3. The second-order valence-corrected chi connectivity index (χ2v) is 9.48. The quantitative estimate of drug-likeness (QED) is 0.665. The van der Waals surface area contributed by atoms with Crippen molar-refractivity contribution in [1.82, 2.24) is 14.7 Å². The molecule has 0 radical (unpaired) electrons. The summed E-state index contributed by atoms with van der Waals surface area (Å²) in [6.45, 7) is 6.86. The number of fused-ring (bicyclic) bond motifs is 2. The zero-order chi connectivity index (χ0) is 24.6. The average molecular weight is 485 g/mol. The molecule has 3 heterocycles. The van der Waals surface area contributed by atoms with Gasteiger partial charge < -0.3 is 19.6 Å². The standard InChI is InChI=1S/C23H31F3N4O4/c1-15-3-4-17(20(9-15)30-13-18-10-19(30)12-29(18)14-21(31)32)11-27-5-7-28(8-6-27)22(33)34-16(2)23(24,25)26/h3-4,9,16,18-19H,5-8,10-14H2,1-2H3,(H,31,32). The van der Waals surface area contributed by atoms with Crippen molar-refractivity contribution in [2.24, 2.45) is 0 Å². The summed E-state index contributed by atoms with van der Waals surface area (Å²) in [5.41, 5.74) is 3.46. The smallest absolute Gasteiger partial charge is 0.425 e. The molecular formula is C23H31F3N4O4. The number of aryl methyl sites for hydroxylation is 1. The Morgan fingerprint density at radius 2 is 1.85 bits per heavy atom. The number of ether oxygens (including phenoxy) is 1. The molecule has 1 aromatic carbocycles. The zero-order valence-electron chi connectivity index (χ0n) is 19.4. The number of halogens is 3. The van der Waals surface area contributed by atoms with Crippen molar-refractivity contribution in [3.8, 4) is 0 Å². The summed E-state index contributed by atoms with van der Waals surface area (Å²) in [5.74, 6) is -0.800. The van der Waals surface area contributed by atoms with Gasteiger partial charge >= 0.3 is 18.2 Å². The van der Waals surface area contributed by atoms with Gasteiger partial charge in [0.1, 0.15) is 0 Å². The predicted octanol–water partition coefficient (Wildman–Crippen LogP) is 2.55. The lowest BCUT2D eigenvalue weighted by molar-refractivity contribution is -0.200. The number of benzene rings is 1. The number of carboxylic acid groups (broad SMARTS) is 1. The van der Waals surface area contributed by atoms with Gasteiger partial charge in [-0.2, -0.15) is 13.2 Å². The molecule has 1 amide bonds. The third-order valence-corrected chi connectivity index (χ3v) is 7.01. The molecule has 0 aliphatic carbocycles. The second-order valence-electron chi connectivity index (χ2n) is 9.48. The number of anilines is 1. The minimum Gasteiger partial charge on any atom is -0.480 e. The highest BCUT2D eigenvalue weighted by Gasteiger charge is 2.44. The number of hydrogen-bond acceptors (Lipinski definition) is 6. The number of carbonyl (C=O) groups is 2. The van der Waals surface area contributed by atoms with E-state index in [0.29, 0.717) is 32.7 Å². The van der Waals surface area contributed by atoms with Gasteiger partial charge in [-0.1, -0.05) is 12.1 Å². The number of aliphatic carboxylic acids is 1. The molecule has 3 fully saturated rings. The molecule has 3 unspecified atom stereocenters. The largest absolute Gasteiger partial charge is 0.480 e. The Bertz CT molecular complexity index is 920. The molecule has 3 aliphatic heterocycles. The van der Waals surface area contributed by atoms with Crippen LogP contribution in [0.5, 0.6) is 0 Å². The summed E-state index contributed by atoms with van der Waals surface area (Å²) in [6.07, 6.45) is -6.67. The molecular weight excluding hydrogens is 453 g/mol. The highest BCUT2D eigenvalue weighted by atomic mass is 19.4. The van der Waals surface area contributed by atoms with Crippen LogP contribution >= 0.6 is 0 Å². The van der Waals surface area contributed by atoms with Crippen molar-refractivity contribution in [1.29, 1.82) is 0 Å². The van der Waals surface area contributed by atoms with Crippen LogP contribution in [0.1, 0.15) is 24.5 Å². The van der Waals surface area contributed by atoms with Crippen LogP contribution in [0.3, 0.4) is 0 Å².